The standard InChI is InChI=1S/C16H16N2O2/c17-11-16-9-5-4-8-14(16)20-15(19)13(18-16)10-12-6-2-1-3-7-12/h1-3,6-7,14H,4-5,8-10H2/t14-,16+/m1/s1. The van der Waals surface area contributed by atoms with Crippen molar-refractivity contribution in [2.75, 3.05) is 0 Å². The van der Waals surface area contributed by atoms with Crippen molar-refractivity contribution in [2.45, 2.75) is 43.7 Å². The quantitative estimate of drug-likeness (QED) is 0.774. The molecule has 0 saturated heterocycles. The molecule has 0 amide bonds. The molecule has 1 aromatic carbocycles. The molecule has 1 aromatic rings. The van der Waals surface area contributed by atoms with Crippen molar-refractivity contribution in [2.24, 2.45) is 4.99 Å². The lowest BCUT2D eigenvalue weighted by Gasteiger charge is -2.38. The highest BCUT2D eigenvalue weighted by Crippen LogP contribution is 2.36. The first-order valence-corrected chi connectivity index (χ1v) is 6.98. The number of rotatable bonds is 2. The van der Waals surface area contributed by atoms with Gasteiger partial charge < -0.3 is 4.74 Å². The monoisotopic (exact) mass is 268 g/mol. The minimum Gasteiger partial charge on any atom is -0.454 e. The van der Waals surface area contributed by atoms with E-state index in [9.17, 15) is 10.1 Å². The van der Waals surface area contributed by atoms with Gasteiger partial charge in [-0.05, 0) is 31.2 Å². The Morgan fingerprint density at radius 1 is 1.35 bits per heavy atom. The Morgan fingerprint density at radius 3 is 2.90 bits per heavy atom. The van der Waals surface area contributed by atoms with Gasteiger partial charge in [-0.1, -0.05) is 30.3 Å². The van der Waals surface area contributed by atoms with Gasteiger partial charge in [0.1, 0.15) is 11.8 Å². The topological polar surface area (TPSA) is 62.4 Å². The molecule has 102 valence electrons. The van der Waals surface area contributed by atoms with E-state index in [0.717, 1.165) is 24.8 Å². The zero-order valence-electron chi connectivity index (χ0n) is 11.2. The van der Waals surface area contributed by atoms with Gasteiger partial charge in [-0.3, -0.25) is 4.99 Å². The summed E-state index contributed by atoms with van der Waals surface area (Å²) in [5.41, 5.74) is 0.525. The first-order valence-electron chi connectivity index (χ1n) is 6.98. The lowest BCUT2D eigenvalue weighted by molar-refractivity contribution is -0.146. The predicted octanol–water partition coefficient (Wildman–Crippen LogP) is 2.43. The Kier molecular flexibility index (Phi) is 3.27. The fraction of sp³-hybridized carbons (Fsp3) is 0.438. The van der Waals surface area contributed by atoms with Crippen molar-refractivity contribution in [3.63, 3.8) is 0 Å². The summed E-state index contributed by atoms with van der Waals surface area (Å²) in [5, 5.41) is 9.50. The molecule has 1 aliphatic heterocycles. The lowest BCUT2D eigenvalue weighted by Crippen LogP contribution is -2.50. The van der Waals surface area contributed by atoms with Gasteiger partial charge in [0.2, 0.25) is 0 Å². The number of carbonyl (C=O) groups is 1. The third-order valence-electron chi connectivity index (χ3n) is 4.03. The summed E-state index contributed by atoms with van der Waals surface area (Å²) in [5.74, 6) is -0.369. The number of carbonyl (C=O) groups excluding carboxylic acids is 1. The van der Waals surface area contributed by atoms with Crippen LogP contribution >= 0.6 is 0 Å². The molecule has 0 spiro atoms. The molecule has 3 rings (SSSR count). The second kappa shape index (κ2) is 5.09. The highest BCUT2D eigenvalue weighted by atomic mass is 16.5. The number of esters is 1. The normalized spacial score (nSPS) is 28.9. The van der Waals surface area contributed by atoms with Crippen LogP contribution in [-0.4, -0.2) is 23.3 Å². The van der Waals surface area contributed by atoms with Crippen LogP contribution in [-0.2, 0) is 16.0 Å². The Morgan fingerprint density at radius 2 is 2.15 bits per heavy atom. The first-order chi connectivity index (χ1) is 9.73. The molecule has 1 heterocycles. The molecule has 0 bridgehead atoms. The van der Waals surface area contributed by atoms with E-state index >= 15 is 0 Å². The van der Waals surface area contributed by atoms with Gasteiger partial charge in [0.15, 0.2) is 5.54 Å². The molecule has 20 heavy (non-hydrogen) atoms. The fourth-order valence-electron chi connectivity index (χ4n) is 2.95. The van der Waals surface area contributed by atoms with Crippen LogP contribution in [0.4, 0.5) is 0 Å². The van der Waals surface area contributed by atoms with E-state index in [0.29, 0.717) is 18.6 Å². The number of aliphatic imine (C=N–C) groups is 1. The largest absolute Gasteiger partial charge is 0.454 e. The molecular formula is C16H16N2O2. The van der Waals surface area contributed by atoms with Crippen molar-refractivity contribution in [3.8, 4) is 6.07 Å². The van der Waals surface area contributed by atoms with Gasteiger partial charge in [-0.2, -0.15) is 5.26 Å². The third kappa shape index (κ3) is 2.20. The summed E-state index contributed by atoms with van der Waals surface area (Å²) in [7, 11) is 0. The zero-order valence-corrected chi connectivity index (χ0v) is 11.2. The van der Waals surface area contributed by atoms with Gasteiger partial charge in [-0.25, -0.2) is 4.79 Å². The van der Waals surface area contributed by atoms with Crippen molar-refractivity contribution >= 4 is 11.7 Å². The Balaban J connectivity index is 1.92. The maximum Gasteiger partial charge on any atom is 0.353 e. The van der Waals surface area contributed by atoms with E-state index in [1.54, 1.807) is 0 Å². The van der Waals surface area contributed by atoms with E-state index in [2.05, 4.69) is 11.1 Å². The number of nitrogens with zero attached hydrogens (tertiary/aromatic N) is 2. The molecule has 0 N–H and O–H groups in total. The molecule has 1 saturated carbocycles. The van der Waals surface area contributed by atoms with Crippen molar-refractivity contribution < 1.29 is 9.53 Å². The van der Waals surface area contributed by atoms with Crippen molar-refractivity contribution in [3.05, 3.63) is 35.9 Å². The minimum atomic E-state index is -0.851. The van der Waals surface area contributed by atoms with Crippen LogP contribution in [0.25, 0.3) is 0 Å². The maximum absolute atomic E-state index is 12.0. The number of benzene rings is 1. The van der Waals surface area contributed by atoms with Crippen LogP contribution in [0.1, 0.15) is 31.2 Å². The van der Waals surface area contributed by atoms with Crippen LogP contribution in [0.2, 0.25) is 0 Å². The first kappa shape index (κ1) is 12.9. The van der Waals surface area contributed by atoms with Crippen LogP contribution in [0.5, 0.6) is 0 Å². The van der Waals surface area contributed by atoms with E-state index in [1.807, 2.05) is 30.3 Å². The van der Waals surface area contributed by atoms with Gasteiger partial charge in [-0.15, -0.1) is 0 Å². The molecular weight excluding hydrogens is 252 g/mol. The number of hydrogen-bond donors (Lipinski definition) is 0. The predicted molar refractivity (Wildman–Crippen MR) is 74.3 cm³/mol. The minimum absolute atomic E-state index is 0.367. The average molecular weight is 268 g/mol. The smallest absolute Gasteiger partial charge is 0.353 e. The van der Waals surface area contributed by atoms with Crippen LogP contribution in [0.15, 0.2) is 35.3 Å². The van der Waals surface area contributed by atoms with E-state index in [-0.39, 0.29) is 12.1 Å². The number of hydrogen-bond acceptors (Lipinski definition) is 4. The summed E-state index contributed by atoms with van der Waals surface area (Å²) >= 11 is 0. The molecule has 4 heteroatoms. The van der Waals surface area contributed by atoms with Gasteiger partial charge in [0.05, 0.1) is 6.07 Å². The average Bonchev–Trinajstić information content (AvgIpc) is 2.49. The second-order valence-corrected chi connectivity index (χ2v) is 5.40. The van der Waals surface area contributed by atoms with E-state index < -0.39 is 5.54 Å². The molecule has 1 aliphatic carbocycles. The highest BCUT2D eigenvalue weighted by molar-refractivity contribution is 6.37. The van der Waals surface area contributed by atoms with Crippen LogP contribution < -0.4 is 0 Å². The van der Waals surface area contributed by atoms with Crippen LogP contribution in [0, 0.1) is 11.3 Å². The second-order valence-electron chi connectivity index (χ2n) is 5.40. The molecule has 4 nitrogen and oxygen atoms in total. The third-order valence-corrected chi connectivity index (χ3v) is 4.03. The molecule has 2 aliphatic rings. The molecule has 0 unspecified atom stereocenters. The molecule has 2 atom stereocenters. The molecule has 0 radical (unpaired) electrons. The van der Waals surface area contributed by atoms with Crippen LogP contribution in [0.3, 0.4) is 0 Å². The zero-order chi connectivity index (χ0) is 14.0. The van der Waals surface area contributed by atoms with E-state index in [1.165, 1.54) is 0 Å². The summed E-state index contributed by atoms with van der Waals surface area (Å²) in [6.07, 6.45) is 3.43. The SMILES string of the molecule is N#C[C@@]12CCCC[C@H]1OC(=O)C(Cc1ccccc1)=N2. The summed E-state index contributed by atoms with van der Waals surface area (Å²) in [6, 6.07) is 12.0. The molecule has 0 aromatic heterocycles. The maximum atomic E-state index is 12.0. The van der Waals surface area contributed by atoms with Gasteiger partial charge in [0, 0.05) is 6.42 Å². The molecule has 1 fully saturated rings. The fourth-order valence-corrected chi connectivity index (χ4v) is 2.95. The lowest BCUT2D eigenvalue weighted by atomic mass is 9.79. The Labute approximate surface area is 118 Å². The van der Waals surface area contributed by atoms with E-state index in [4.69, 9.17) is 4.74 Å². The summed E-state index contributed by atoms with van der Waals surface area (Å²) < 4.78 is 5.48. The Bertz CT molecular complexity index is 588. The van der Waals surface area contributed by atoms with Gasteiger partial charge >= 0.3 is 5.97 Å². The number of ether oxygens (including phenoxy) is 1. The summed E-state index contributed by atoms with van der Waals surface area (Å²) in [6.45, 7) is 0. The number of nitriles is 1. The van der Waals surface area contributed by atoms with Gasteiger partial charge in [0.25, 0.3) is 0 Å². The van der Waals surface area contributed by atoms with Crippen molar-refractivity contribution in [1.29, 1.82) is 5.26 Å². The Hall–Kier alpha value is -2.15. The number of fused-ring (bicyclic) bond motifs is 1. The highest BCUT2D eigenvalue weighted by Gasteiger charge is 2.47. The summed E-state index contributed by atoms with van der Waals surface area (Å²) in [4.78, 5) is 16.6. The van der Waals surface area contributed by atoms with Crippen molar-refractivity contribution in [1.82, 2.24) is 0 Å².